The quantitative estimate of drug-likeness (QED) is 0.736. The lowest BCUT2D eigenvalue weighted by Gasteiger charge is -2.11. The molecule has 0 unspecified atom stereocenters. The minimum atomic E-state index is -0.401. The van der Waals surface area contributed by atoms with Crippen molar-refractivity contribution in [2.24, 2.45) is 0 Å². The number of ether oxygens (including phenoxy) is 1. The zero-order chi connectivity index (χ0) is 17.8. The summed E-state index contributed by atoms with van der Waals surface area (Å²) in [5.41, 5.74) is 0.951. The molecule has 1 amide bonds. The second-order valence-corrected chi connectivity index (χ2v) is 5.29. The molecule has 2 N–H and O–H groups in total. The first-order valence-corrected chi connectivity index (χ1v) is 7.55. The molecule has 0 bridgehead atoms. The van der Waals surface area contributed by atoms with Crippen LogP contribution >= 0.6 is 0 Å². The Morgan fingerprint density at radius 2 is 1.92 bits per heavy atom. The molecule has 2 aromatic heterocycles. The van der Waals surface area contributed by atoms with Crippen LogP contribution in [0.3, 0.4) is 0 Å². The van der Waals surface area contributed by atoms with Crippen molar-refractivity contribution in [3.8, 4) is 5.75 Å². The second-order valence-electron chi connectivity index (χ2n) is 5.29. The van der Waals surface area contributed by atoms with E-state index in [1.54, 1.807) is 33.1 Å². The van der Waals surface area contributed by atoms with Gasteiger partial charge in [-0.2, -0.15) is 0 Å². The van der Waals surface area contributed by atoms with Crippen LogP contribution in [-0.4, -0.2) is 28.1 Å². The van der Waals surface area contributed by atoms with E-state index in [1.165, 1.54) is 0 Å². The maximum Gasteiger partial charge on any atom is 0.275 e. The predicted molar refractivity (Wildman–Crippen MR) is 92.2 cm³/mol. The van der Waals surface area contributed by atoms with Crippen LogP contribution in [0.4, 0.5) is 17.3 Å². The van der Waals surface area contributed by atoms with Gasteiger partial charge in [0, 0.05) is 12.1 Å². The summed E-state index contributed by atoms with van der Waals surface area (Å²) in [6.07, 6.45) is 0. The van der Waals surface area contributed by atoms with Crippen molar-refractivity contribution in [1.82, 2.24) is 15.1 Å². The number of amides is 1. The highest BCUT2D eigenvalue weighted by Crippen LogP contribution is 2.26. The van der Waals surface area contributed by atoms with Gasteiger partial charge in [0.2, 0.25) is 0 Å². The SMILES string of the molecule is COc1ccccc1Nc1cc(C(=O)Nc2cc(C)on2)nc(C)n1. The maximum atomic E-state index is 12.4. The Kier molecular flexibility index (Phi) is 4.60. The standard InChI is InChI=1S/C17H17N5O3/c1-10-8-16(22-25-10)21-17(23)13-9-15(19-11(2)18-13)20-12-6-4-5-7-14(12)24-3/h4-9H,1-3H3,(H,18,19,20)(H,21,22,23). The van der Waals surface area contributed by atoms with E-state index in [0.717, 1.165) is 5.69 Å². The molecule has 0 atom stereocenters. The van der Waals surface area contributed by atoms with Crippen LogP contribution in [0.15, 0.2) is 40.9 Å². The molecule has 8 heteroatoms. The second kappa shape index (κ2) is 7.00. The van der Waals surface area contributed by atoms with Gasteiger partial charge in [0.1, 0.15) is 28.8 Å². The third kappa shape index (κ3) is 3.92. The molecule has 1 aromatic carbocycles. The molecule has 0 fully saturated rings. The summed E-state index contributed by atoms with van der Waals surface area (Å²) in [6, 6.07) is 10.6. The zero-order valence-corrected chi connectivity index (χ0v) is 14.0. The van der Waals surface area contributed by atoms with E-state index < -0.39 is 5.91 Å². The number of hydrogen-bond donors (Lipinski definition) is 2. The minimum absolute atomic E-state index is 0.213. The van der Waals surface area contributed by atoms with Gasteiger partial charge in [-0.05, 0) is 26.0 Å². The molecule has 25 heavy (non-hydrogen) atoms. The first-order chi connectivity index (χ1) is 12.0. The maximum absolute atomic E-state index is 12.4. The highest BCUT2D eigenvalue weighted by molar-refractivity contribution is 6.02. The van der Waals surface area contributed by atoms with Crippen molar-refractivity contribution in [1.29, 1.82) is 0 Å². The van der Waals surface area contributed by atoms with Gasteiger partial charge in [0.05, 0.1) is 12.8 Å². The molecule has 0 aliphatic carbocycles. The molecular weight excluding hydrogens is 322 g/mol. The molecule has 0 saturated heterocycles. The van der Waals surface area contributed by atoms with E-state index in [9.17, 15) is 4.79 Å². The van der Waals surface area contributed by atoms with Gasteiger partial charge >= 0.3 is 0 Å². The lowest BCUT2D eigenvalue weighted by molar-refractivity contribution is 0.102. The molecular formula is C17H17N5O3. The van der Waals surface area contributed by atoms with Crippen molar-refractivity contribution in [2.75, 3.05) is 17.7 Å². The third-order valence-corrected chi connectivity index (χ3v) is 3.31. The van der Waals surface area contributed by atoms with Crippen molar-refractivity contribution in [3.05, 3.63) is 53.7 Å². The fourth-order valence-electron chi connectivity index (χ4n) is 2.24. The minimum Gasteiger partial charge on any atom is -0.495 e. The number of hydrogen-bond acceptors (Lipinski definition) is 7. The Morgan fingerprint density at radius 3 is 2.64 bits per heavy atom. The molecule has 0 radical (unpaired) electrons. The average molecular weight is 339 g/mol. The summed E-state index contributed by atoms with van der Waals surface area (Å²) in [7, 11) is 1.59. The number of methoxy groups -OCH3 is 1. The number of carbonyl (C=O) groups excluding carboxylic acids is 1. The van der Waals surface area contributed by atoms with E-state index >= 15 is 0 Å². The number of benzene rings is 1. The van der Waals surface area contributed by atoms with Crippen LogP contribution in [0.5, 0.6) is 5.75 Å². The molecule has 128 valence electrons. The zero-order valence-electron chi connectivity index (χ0n) is 14.0. The fraction of sp³-hybridized carbons (Fsp3) is 0.176. The molecule has 8 nitrogen and oxygen atoms in total. The van der Waals surface area contributed by atoms with E-state index in [4.69, 9.17) is 9.26 Å². The van der Waals surface area contributed by atoms with Gasteiger partial charge in [-0.3, -0.25) is 4.79 Å². The van der Waals surface area contributed by atoms with E-state index in [2.05, 4.69) is 25.8 Å². The summed E-state index contributed by atoms with van der Waals surface area (Å²) < 4.78 is 10.2. The van der Waals surface area contributed by atoms with Crippen LogP contribution in [-0.2, 0) is 0 Å². The Balaban J connectivity index is 1.83. The molecule has 0 aliphatic rings. The van der Waals surface area contributed by atoms with Crippen molar-refractivity contribution >= 4 is 23.2 Å². The van der Waals surface area contributed by atoms with E-state index in [1.807, 2.05) is 24.3 Å². The fourth-order valence-corrected chi connectivity index (χ4v) is 2.24. The van der Waals surface area contributed by atoms with Crippen molar-refractivity contribution in [3.63, 3.8) is 0 Å². The van der Waals surface area contributed by atoms with Crippen molar-refractivity contribution < 1.29 is 14.1 Å². The highest BCUT2D eigenvalue weighted by Gasteiger charge is 2.13. The van der Waals surface area contributed by atoms with Crippen LogP contribution in [0.1, 0.15) is 22.1 Å². The van der Waals surface area contributed by atoms with Crippen LogP contribution in [0.25, 0.3) is 0 Å². The Bertz CT molecular complexity index is 907. The number of aryl methyl sites for hydroxylation is 2. The largest absolute Gasteiger partial charge is 0.495 e. The van der Waals surface area contributed by atoms with Gasteiger partial charge in [0.25, 0.3) is 5.91 Å². The summed E-state index contributed by atoms with van der Waals surface area (Å²) in [5, 5.41) is 9.50. The summed E-state index contributed by atoms with van der Waals surface area (Å²) in [6.45, 7) is 3.46. The Morgan fingerprint density at radius 1 is 1.12 bits per heavy atom. The van der Waals surface area contributed by atoms with Gasteiger partial charge < -0.3 is 19.9 Å². The molecule has 0 saturated carbocycles. The van der Waals surface area contributed by atoms with Gasteiger partial charge in [-0.25, -0.2) is 9.97 Å². The number of para-hydroxylation sites is 2. The van der Waals surface area contributed by atoms with Gasteiger partial charge in [-0.1, -0.05) is 17.3 Å². The summed E-state index contributed by atoms with van der Waals surface area (Å²) >= 11 is 0. The molecule has 3 rings (SSSR count). The average Bonchev–Trinajstić information content (AvgIpc) is 2.99. The third-order valence-electron chi connectivity index (χ3n) is 3.31. The number of anilines is 3. The normalized spacial score (nSPS) is 10.4. The predicted octanol–water partition coefficient (Wildman–Crippen LogP) is 3.09. The molecule has 3 aromatic rings. The number of carbonyl (C=O) groups is 1. The first kappa shape index (κ1) is 16.4. The Labute approximate surface area is 144 Å². The van der Waals surface area contributed by atoms with Crippen LogP contribution < -0.4 is 15.4 Å². The van der Waals surface area contributed by atoms with Crippen LogP contribution in [0.2, 0.25) is 0 Å². The summed E-state index contributed by atoms with van der Waals surface area (Å²) in [5.74, 6) is 2.15. The number of nitrogens with one attached hydrogen (secondary N) is 2. The number of nitrogens with zero attached hydrogens (tertiary/aromatic N) is 3. The molecule has 2 heterocycles. The Hall–Kier alpha value is -3.42. The monoisotopic (exact) mass is 339 g/mol. The number of rotatable bonds is 5. The van der Waals surface area contributed by atoms with Gasteiger partial charge in [-0.15, -0.1) is 0 Å². The van der Waals surface area contributed by atoms with Crippen molar-refractivity contribution in [2.45, 2.75) is 13.8 Å². The molecule has 0 aliphatic heterocycles. The van der Waals surface area contributed by atoms with E-state index in [-0.39, 0.29) is 5.69 Å². The first-order valence-electron chi connectivity index (χ1n) is 7.55. The highest BCUT2D eigenvalue weighted by atomic mass is 16.5. The smallest absolute Gasteiger partial charge is 0.275 e. The number of aromatic nitrogens is 3. The van der Waals surface area contributed by atoms with Gasteiger partial charge in [0.15, 0.2) is 5.82 Å². The van der Waals surface area contributed by atoms with Crippen LogP contribution in [0, 0.1) is 13.8 Å². The summed E-state index contributed by atoms with van der Waals surface area (Å²) in [4.78, 5) is 20.8. The lowest BCUT2D eigenvalue weighted by atomic mass is 10.3. The van der Waals surface area contributed by atoms with E-state index in [0.29, 0.717) is 29.0 Å². The topological polar surface area (TPSA) is 102 Å². The lowest BCUT2D eigenvalue weighted by Crippen LogP contribution is -2.15. The molecule has 0 spiro atoms.